The lowest BCUT2D eigenvalue weighted by molar-refractivity contribution is 0.0592. The molecule has 0 spiro atoms. The largest absolute Gasteiger partial charge is 0.330 e. The van der Waals surface area contributed by atoms with E-state index in [1.807, 2.05) is 48.5 Å². The zero-order valence-corrected chi connectivity index (χ0v) is 27.3. The summed E-state index contributed by atoms with van der Waals surface area (Å²) in [5.41, 5.74) is 7.81. The van der Waals surface area contributed by atoms with Crippen molar-refractivity contribution in [3.05, 3.63) is 70.8 Å². The van der Waals surface area contributed by atoms with E-state index in [1.165, 1.54) is 54.7 Å². The molecule has 0 atom stereocenters. The number of fused-ring (bicyclic) bond motifs is 2. The van der Waals surface area contributed by atoms with E-state index < -0.39 is 0 Å². The number of rotatable bonds is 15. The Bertz CT molecular complexity index is 1930. The Morgan fingerprint density at radius 3 is 1.09 bits per heavy atom. The zero-order chi connectivity index (χ0) is 32.7. The summed E-state index contributed by atoms with van der Waals surface area (Å²) in [6, 6.07) is 15.2. The van der Waals surface area contributed by atoms with Crippen LogP contribution in [0.4, 0.5) is 0 Å². The molecule has 242 valence electrons. The summed E-state index contributed by atoms with van der Waals surface area (Å²) in [6.07, 6.45) is 13.3. The molecule has 2 aliphatic heterocycles. The van der Waals surface area contributed by atoms with Crippen LogP contribution in [0.3, 0.4) is 0 Å². The van der Waals surface area contributed by atoms with E-state index in [0.29, 0.717) is 59.1 Å². The number of benzene rings is 5. The summed E-state index contributed by atoms with van der Waals surface area (Å²) in [7, 11) is 0. The van der Waals surface area contributed by atoms with Crippen molar-refractivity contribution in [3.63, 3.8) is 0 Å². The Morgan fingerprint density at radius 2 is 0.745 bits per heavy atom. The Kier molecular flexibility index (Phi) is 8.67. The molecule has 0 saturated carbocycles. The standard InChI is InChI=1S/C40H43N3O4/c1-2-3-4-5-6-7-8-9-10-12-23-42-37(44)29-18-14-25-27-16-20-31-36-32(40(47)43(39(31)46)24-13-11-22-41)21-17-28(34(27)36)26-15-19-30(38(42)45)35(29)33(25)26/h14-21H,2-13,22-24,41H2,1H3. The molecule has 4 amide bonds. The first-order valence-corrected chi connectivity index (χ1v) is 17.6. The number of hydrogen-bond donors (Lipinski definition) is 1. The minimum absolute atomic E-state index is 0.232. The lowest BCUT2D eigenvalue weighted by Gasteiger charge is -2.30. The summed E-state index contributed by atoms with van der Waals surface area (Å²) < 4.78 is 0. The van der Waals surface area contributed by atoms with Crippen molar-refractivity contribution in [2.75, 3.05) is 19.6 Å². The highest BCUT2D eigenvalue weighted by Crippen LogP contribution is 2.46. The Morgan fingerprint density at radius 1 is 0.426 bits per heavy atom. The van der Waals surface area contributed by atoms with Crippen molar-refractivity contribution in [1.29, 1.82) is 0 Å². The van der Waals surface area contributed by atoms with Gasteiger partial charge in [0.2, 0.25) is 0 Å². The molecule has 2 heterocycles. The molecule has 2 N–H and O–H groups in total. The van der Waals surface area contributed by atoms with Crippen LogP contribution in [0.25, 0.3) is 43.1 Å². The average Bonchev–Trinajstić information content (AvgIpc) is 3.09. The third-order valence-electron chi connectivity index (χ3n) is 10.4. The monoisotopic (exact) mass is 629 g/mol. The second-order valence-electron chi connectivity index (χ2n) is 13.3. The number of nitrogens with two attached hydrogens (primary N) is 1. The van der Waals surface area contributed by atoms with Gasteiger partial charge in [0.1, 0.15) is 0 Å². The summed E-state index contributed by atoms with van der Waals surface area (Å²) in [5, 5.41) is 6.76. The van der Waals surface area contributed by atoms with Crippen molar-refractivity contribution < 1.29 is 19.2 Å². The second kappa shape index (κ2) is 13.0. The maximum Gasteiger partial charge on any atom is 0.261 e. The lowest BCUT2D eigenvalue weighted by Crippen LogP contribution is -2.41. The fourth-order valence-corrected chi connectivity index (χ4v) is 7.95. The number of amides is 4. The van der Waals surface area contributed by atoms with E-state index in [2.05, 4.69) is 6.92 Å². The van der Waals surface area contributed by atoms with Crippen LogP contribution in [0, 0.1) is 0 Å². The number of carbonyl (C=O) groups excluding carboxylic acids is 4. The van der Waals surface area contributed by atoms with E-state index in [0.717, 1.165) is 58.0 Å². The second-order valence-corrected chi connectivity index (χ2v) is 13.3. The van der Waals surface area contributed by atoms with Gasteiger partial charge >= 0.3 is 0 Å². The number of imide groups is 2. The number of nitrogens with zero attached hydrogens (tertiary/aromatic N) is 2. The topological polar surface area (TPSA) is 101 Å². The van der Waals surface area contributed by atoms with Gasteiger partial charge in [0.05, 0.1) is 0 Å². The molecule has 0 aliphatic carbocycles. The van der Waals surface area contributed by atoms with Crippen molar-refractivity contribution in [1.82, 2.24) is 9.80 Å². The van der Waals surface area contributed by atoms with Crippen molar-refractivity contribution in [3.8, 4) is 0 Å². The fraction of sp³-hybridized carbons (Fsp3) is 0.400. The van der Waals surface area contributed by atoms with E-state index in [-0.39, 0.29) is 23.6 Å². The van der Waals surface area contributed by atoms with E-state index in [4.69, 9.17) is 5.73 Å². The molecule has 7 rings (SSSR count). The Labute approximate surface area is 275 Å². The molecule has 7 nitrogen and oxygen atoms in total. The molecular weight excluding hydrogens is 586 g/mol. The molecule has 5 aromatic carbocycles. The molecule has 0 saturated heterocycles. The summed E-state index contributed by atoms with van der Waals surface area (Å²) in [4.78, 5) is 57.6. The van der Waals surface area contributed by atoms with Gasteiger partial charge in [0.25, 0.3) is 23.6 Å². The zero-order valence-electron chi connectivity index (χ0n) is 27.3. The van der Waals surface area contributed by atoms with Crippen molar-refractivity contribution >= 4 is 66.7 Å². The predicted molar refractivity (Wildman–Crippen MR) is 189 cm³/mol. The smallest absolute Gasteiger partial charge is 0.261 e. The van der Waals surface area contributed by atoms with E-state index in [1.54, 1.807) is 0 Å². The molecule has 5 aromatic rings. The minimum atomic E-state index is -0.280. The molecule has 7 heteroatoms. The predicted octanol–water partition coefficient (Wildman–Crippen LogP) is 8.59. The number of carbonyl (C=O) groups is 4. The summed E-state index contributed by atoms with van der Waals surface area (Å²) >= 11 is 0. The van der Waals surface area contributed by atoms with Crippen LogP contribution in [0.15, 0.2) is 48.5 Å². The Hall–Kier alpha value is -4.36. The first-order chi connectivity index (χ1) is 23.0. The van der Waals surface area contributed by atoms with Gasteiger partial charge in [-0.15, -0.1) is 0 Å². The maximum atomic E-state index is 13.8. The van der Waals surface area contributed by atoms with Crippen molar-refractivity contribution in [2.24, 2.45) is 5.73 Å². The average molecular weight is 630 g/mol. The van der Waals surface area contributed by atoms with Crippen LogP contribution in [-0.2, 0) is 0 Å². The van der Waals surface area contributed by atoms with Gasteiger partial charge in [0, 0.05) is 46.1 Å². The molecule has 0 unspecified atom stereocenters. The lowest BCUT2D eigenvalue weighted by atomic mass is 9.82. The van der Waals surface area contributed by atoms with Crippen molar-refractivity contribution in [2.45, 2.75) is 84.0 Å². The molecule has 0 aromatic heterocycles. The SMILES string of the molecule is CCCCCCCCCCCCN1C(=O)c2ccc3c4ccc5c6c(ccc(c7ccc(c2c37)C1=O)c64)C(=O)N(CCCCN)C5=O. The van der Waals surface area contributed by atoms with Gasteiger partial charge < -0.3 is 5.73 Å². The van der Waals surface area contributed by atoms with E-state index >= 15 is 0 Å². The number of unbranched alkanes of at least 4 members (excludes halogenated alkanes) is 10. The molecule has 0 bridgehead atoms. The molecule has 0 radical (unpaired) electrons. The minimum Gasteiger partial charge on any atom is -0.330 e. The quantitative estimate of drug-likeness (QED) is 0.0541. The van der Waals surface area contributed by atoms with Crippen LogP contribution in [0.2, 0.25) is 0 Å². The van der Waals surface area contributed by atoms with Gasteiger partial charge in [0.15, 0.2) is 0 Å². The first-order valence-electron chi connectivity index (χ1n) is 17.6. The third-order valence-corrected chi connectivity index (χ3v) is 10.4. The molecule has 47 heavy (non-hydrogen) atoms. The van der Waals surface area contributed by atoms with Gasteiger partial charge in [-0.3, -0.25) is 29.0 Å². The third kappa shape index (κ3) is 5.16. The highest BCUT2D eigenvalue weighted by molar-refractivity contribution is 6.41. The van der Waals surface area contributed by atoms with Gasteiger partial charge in [-0.25, -0.2) is 0 Å². The highest BCUT2D eigenvalue weighted by Gasteiger charge is 2.36. The van der Waals surface area contributed by atoms with Crippen LogP contribution in [0.5, 0.6) is 0 Å². The van der Waals surface area contributed by atoms with Crippen LogP contribution < -0.4 is 5.73 Å². The fourth-order valence-electron chi connectivity index (χ4n) is 7.95. The highest BCUT2D eigenvalue weighted by atomic mass is 16.2. The van der Waals surface area contributed by atoms with Crippen LogP contribution in [0.1, 0.15) is 125 Å². The van der Waals surface area contributed by atoms with Crippen LogP contribution >= 0.6 is 0 Å². The molecule has 0 fully saturated rings. The molecular formula is C40H43N3O4. The summed E-state index contributed by atoms with van der Waals surface area (Å²) in [6.45, 7) is 3.52. The first kappa shape index (κ1) is 31.3. The molecule has 2 aliphatic rings. The maximum absolute atomic E-state index is 13.8. The van der Waals surface area contributed by atoms with Gasteiger partial charge in [-0.1, -0.05) is 89.0 Å². The van der Waals surface area contributed by atoms with Gasteiger partial charge in [-0.2, -0.15) is 0 Å². The summed E-state index contributed by atoms with van der Waals surface area (Å²) in [5.74, 6) is -1.02. The van der Waals surface area contributed by atoms with Crippen LogP contribution in [-0.4, -0.2) is 53.1 Å². The number of hydrogen-bond acceptors (Lipinski definition) is 5. The van der Waals surface area contributed by atoms with E-state index in [9.17, 15) is 19.2 Å². The Balaban J connectivity index is 1.20. The van der Waals surface area contributed by atoms with Gasteiger partial charge in [-0.05, 0) is 82.4 Å². The normalized spacial score (nSPS) is 14.7.